The van der Waals surface area contributed by atoms with Gasteiger partial charge in [0, 0.05) is 6.42 Å². The van der Waals surface area contributed by atoms with Crippen LogP contribution in [0, 0.1) is 0 Å². The van der Waals surface area contributed by atoms with E-state index in [2.05, 4.69) is 99.0 Å². The molecule has 3 unspecified atom stereocenters. The molecule has 0 bridgehead atoms. The van der Waals surface area contributed by atoms with Gasteiger partial charge in [-0.05, 0) is 83.1 Å². The largest absolute Gasteiger partial charge is 0.458 e. The molecular weight excluding hydrogens is 779 g/mol. The third-order valence-corrected chi connectivity index (χ3v) is 11.5. The van der Waals surface area contributed by atoms with Gasteiger partial charge in [0.05, 0.1) is 25.2 Å². The Morgan fingerprint density at radius 1 is 0.492 bits per heavy atom. The highest BCUT2D eigenvalue weighted by molar-refractivity contribution is 5.78. The molecule has 1 amide bonds. The molecule has 0 spiro atoms. The summed E-state index contributed by atoms with van der Waals surface area (Å²) < 4.78 is 5.82. The molecule has 0 aliphatic carbocycles. The van der Waals surface area contributed by atoms with Crippen molar-refractivity contribution in [2.45, 2.75) is 257 Å². The molecule has 0 fully saturated rings. The highest BCUT2D eigenvalue weighted by Crippen LogP contribution is 2.16. The second-order valence-corrected chi connectivity index (χ2v) is 17.5. The number of aliphatic hydroxyl groups is 2. The summed E-state index contributed by atoms with van der Waals surface area (Å²) in [5.41, 5.74) is 0. The number of ether oxygens (including phenoxy) is 1. The first-order valence-corrected chi connectivity index (χ1v) is 26.3. The molecule has 0 aliphatic rings. The van der Waals surface area contributed by atoms with Crippen molar-refractivity contribution in [2.75, 3.05) is 6.61 Å². The molecule has 0 heterocycles. The molecule has 362 valence electrons. The fourth-order valence-corrected chi connectivity index (χ4v) is 7.48. The normalized spacial score (nSPS) is 13.9. The van der Waals surface area contributed by atoms with Crippen molar-refractivity contribution in [2.24, 2.45) is 0 Å². The van der Waals surface area contributed by atoms with Crippen LogP contribution < -0.4 is 5.32 Å². The zero-order valence-corrected chi connectivity index (χ0v) is 41.2. The lowest BCUT2D eigenvalue weighted by atomic mass is 10.0. The number of amides is 1. The van der Waals surface area contributed by atoms with E-state index in [9.17, 15) is 19.8 Å². The molecule has 3 N–H and O–H groups in total. The Bertz CT molecular complexity index is 1210. The lowest BCUT2D eigenvalue weighted by Crippen LogP contribution is -2.46. The van der Waals surface area contributed by atoms with Crippen LogP contribution in [0.15, 0.2) is 85.1 Å². The number of hydrogen-bond donors (Lipinski definition) is 3. The van der Waals surface area contributed by atoms with Crippen LogP contribution in [-0.4, -0.2) is 46.9 Å². The molecule has 0 saturated heterocycles. The fraction of sp³-hybridized carbons (Fsp3) is 0.719. The number of aliphatic hydroxyl groups excluding tert-OH is 2. The van der Waals surface area contributed by atoms with Crippen LogP contribution in [0.2, 0.25) is 0 Å². The first-order chi connectivity index (χ1) is 31.0. The number of nitrogens with one attached hydrogen (secondary N) is 1. The molecule has 0 aromatic rings. The van der Waals surface area contributed by atoms with E-state index in [0.29, 0.717) is 19.3 Å². The maximum absolute atomic E-state index is 13.2. The van der Waals surface area contributed by atoms with E-state index in [-0.39, 0.29) is 24.9 Å². The minimum Gasteiger partial charge on any atom is -0.458 e. The fourth-order valence-electron chi connectivity index (χ4n) is 7.48. The highest BCUT2D eigenvalue weighted by atomic mass is 16.5. The van der Waals surface area contributed by atoms with Gasteiger partial charge in [0.25, 0.3) is 0 Å². The molecule has 0 aromatic heterocycles. The molecule has 0 aromatic carbocycles. The summed E-state index contributed by atoms with van der Waals surface area (Å²) in [7, 11) is 0. The number of rotatable bonds is 46. The first-order valence-electron chi connectivity index (χ1n) is 26.3. The Morgan fingerprint density at radius 2 is 0.889 bits per heavy atom. The number of carbonyl (C=O) groups excluding carboxylic acids is 2. The summed E-state index contributed by atoms with van der Waals surface area (Å²) in [5.74, 6) is -0.651. The van der Waals surface area contributed by atoms with Crippen LogP contribution in [-0.2, 0) is 14.3 Å². The standard InChI is InChI=1S/C57H99NO5/c1-4-7-10-13-16-19-22-25-27-28-29-31-33-36-39-42-45-48-53(63-57(62)50-47-44-41-38-35-30-24-21-18-15-12-9-6-3)51-56(61)58-54(52-59)55(60)49-46-43-40-37-34-32-26-23-20-17-14-11-8-5-2/h7,10,16,19,25,27,29-31,35-36,39,45,48,53-55,59-60H,4-6,8-9,11-15,17-18,20-24,26,28,32-34,37-38,40-44,46-47,49-52H2,1-3H3,(H,58,61)/b10-7-,19-16-,27-25-,31-29-,35-30-,39-36-,48-45-. The van der Waals surface area contributed by atoms with Crippen molar-refractivity contribution in [1.29, 1.82) is 0 Å². The van der Waals surface area contributed by atoms with Crippen LogP contribution in [0.25, 0.3) is 0 Å². The van der Waals surface area contributed by atoms with Crippen molar-refractivity contribution >= 4 is 11.9 Å². The van der Waals surface area contributed by atoms with Gasteiger partial charge in [0.1, 0.15) is 6.10 Å². The summed E-state index contributed by atoms with van der Waals surface area (Å²) in [6.45, 7) is 6.32. The minimum absolute atomic E-state index is 0.0562. The third-order valence-electron chi connectivity index (χ3n) is 11.5. The Hall–Kier alpha value is -2.96. The number of hydrogen-bond acceptors (Lipinski definition) is 5. The van der Waals surface area contributed by atoms with Crippen LogP contribution in [0.5, 0.6) is 0 Å². The minimum atomic E-state index is -0.825. The molecule has 3 atom stereocenters. The summed E-state index contributed by atoms with van der Waals surface area (Å²) >= 11 is 0. The van der Waals surface area contributed by atoms with Crippen molar-refractivity contribution in [3.05, 3.63) is 85.1 Å². The average molecular weight is 878 g/mol. The van der Waals surface area contributed by atoms with E-state index in [0.717, 1.165) is 83.5 Å². The van der Waals surface area contributed by atoms with Gasteiger partial charge in [0.15, 0.2) is 0 Å². The monoisotopic (exact) mass is 878 g/mol. The van der Waals surface area contributed by atoms with Crippen LogP contribution in [0.3, 0.4) is 0 Å². The second-order valence-electron chi connectivity index (χ2n) is 17.5. The molecule has 0 aliphatic heterocycles. The number of esters is 1. The number of carbonyl (C=O) groups is 2. The van der Waals surface area contributed by atoms with Gasteiger partial charge in [0.2, 0.25) is 5.91 Å². The van der Waals surface area contributed by atoms with Gasteiger partial charge in [-0.3, -0.25) is 9.59 Å². The summed E-state index contributed by atoms with van der Waals surface area (Å²) in [4.78, 5) is 26.1. The van der Waals surface area contributed by atoms with E-state index in [1.807, 2.05) is 6.08 Å². The Kier molecular flexibility index (Phi) is 47.7. The van der Waals surface area contributed by atoms with E-state index in [1.54, 1.807) is 6.08 Å². The summed E-state index contributed by atoms with van der Waals surface area (Å²) in [6.07, 6.45) is 65.3. The zero-order chi connectivity index (χ0) is 45.9. The van der Waals surface area contributed by atoms with E-state index in [4.69, 9.17) is 4.74 Å². The number of allylic oxidation sites excluding steroid dienone is 13. The summed E-state index contributed by atoms with van der Waals surface area (Å²) in [6, 6.07) is -0.749. The van der Waals surface area contributed by atoms with Crippen molar-refractivity contribution < 1.29 is 24.5 Å². The van der Waals surface area contributed by atoms with E-state index in [1.165, 1.54) is 109 Å². The smallest absolute Gasteiger partial charge is 0.306 e. The molecule has 0 saturated carbocycles. The van der Waals surface area contributed by atoms with Crippen molar-refractivity contribution in [1.82, 2.24) is 5.32 Å². The lowest BCUT2D eigenvalue weighted by molar-refractivity contribution is -0.148. The lowest BCUT2D eigenvalue weighted by Gasteiger charge is -2.23. The van der Waals surface area contributed by atoms with Gasteiger partial charge in [-0.15, -0.1) is 0 Å². The van der Waals surface area contributed by atoms with Crippen molar-refractivity contribution in [3.8, 4) is 0 Å². The summed E-state index contributed by atoms with van der Waals surface area (Å²) in [5, 5.41) is 23.7. The average Bonchev–Trinajstić information content (AvgIpc) is 3.28. The van der Waals surface area contributed by atoms with Crippen LogP contribution in [0.4, 0.5) is 0 Å². The zero-order valence-electron chi connectivity index (χ0n) is 41.2. The first kappa shape index (κ1) is 60.0. The second kappa shape index (κ2) is 50.0. The Balaban J connectivity index is 4.78. The molecular formula is C57H99NO5. The van der Waals surface area contributed by atoms with Crippen molar-refractivity contribution in [3.63, 3.8) is 0 Å². The van der Waals surface area contributed by atoms with Gasteiger partial charge in [-0.1, -0.05) is 228 Å². The third kappa shape index (κ3) is 45.4. The Labute approximate surface area is 389 Å². The SMILES string of the molecule is CC/C=C\C/C=C\C/C=C\C/C=C\C/C=C\C/C=C\C(CC(=O)NC(CO)C(O)CCCCCCCCCCCCCCCC)OC(=O)CCCCC/C=C\CCCCCCCC. The molecule has 0 rings (SSSR count). The van der Waals surface area contributed by atoms with Gasteiger partial charge < -0.3 is 20.3 Å². The maximum atomic E-state index is 13.2. The molecule has 0 radical (unpaired) electrons. The molecule has 63 heavy (non-hydrogen) atoms. The van der Waals surface area contributed by atoms with Gasteiger partial charge >= 0.3 is 5.97 Å². The van der Waals surface area contributed by atoms with Gasteiger partial charge in [-0.25, -0.2) is 0 Å². The quantitative estimate of drug-likeness (QED) is 0.0322. The van der Waals surface area contributed by atoms with Crippen LogP contribution in [0.1, 0.15) is 239 Å². The topological polar surface area (TPSA) is 95.9 Å². The Morgan fingerprint density at radius 3 is 1.33 bits per heavy atom. The van der Waals surface area contributed by atoms with Gasteiger partial charge in [-0.2, -0.15) is 0 Å². The van der Waals surface area contributed by atoms with E-state index < -0.39 is 18.2 Å². The highest BCUT2D eigenvalue weighted by Gasteiger charge is 2.23. The van der Waals surface area contributed by atoms with E-state index >= 15 is 0 Å². The predicted octanol–water partition coefficient (Wildman–Crippen LogP) is 16.0. The maximum Gasteiger partial charge on any atom is 0.306 e. The predicted molar refractivity (Wildman–Crippen MR) is 273 cm³/mol. The molecule has 6 nitrogen and oxygen atoms in total. The number of unbranched alkanes of at least 4 members (excludes halogenated alkanes) is 22. The molecule has 6 heteroatoms. The van der Waals surface area contributed by atoms with Crippen LogP contribution >= 0.6 is 0 Å².